The van der Waals surface area contributed by atoms with Gasteiger partial charge in [0.1, 0.15) is 5.82 Å². The Morgan fingerprint density at radius 2 is 1.87 bits per heavy atom. The van der Waals surface area contributed by atoms with Crippen LogP contribution >= 0.6 is 0 Å². The van der Waals surface area contributed by atoms with Gasteiger partial charge in [-0.1, -0.05) is 30.3 Å². The zero-order chi connectivity index (χ0) is 17.0. The normalized spacial score (nSPS) is 13.6. The topological polar surface area (TPSA) is 63.3 Å². The number of hydrogen-bond donors (Lipinski definition) is 2. The lowest BCUT2D eigenvalue weighted by Gasteiger charge is -2.21. The maximum Gasteiger partial charge on any atom is 0.249 e. The van der Waals surface area contributed by atoms with Crippen LogP contribution in [0.2, 0.25) is 0 Å². The minimum absolute atomic E-state index is 0.0753. The molecule has 0 saturated heterocycles. The van der Waals surface area contributed by atoms with Gasteiger partial charge in [-0.25, -0.2) is 4.39 Å². The van der Waals surface area contributed by atoms with Gasteiger partial charge in [0, 0.05) is 11.5 Å². The second-order valence-corrected chi connectivity index (χ2v) is 5.56. The van der Waals surface area contributed by atoms with Gasteiger partial charge >= 0.3 is 0 Å². The summed E-state index contributed by atoms with van der Waals surface area (Å²) in [5, 5.41) is 10.3. The van der Waals surface area contributed by atoms with E-state index >= 15 is 0 Å². The zero-order valence-corrected chi connectivity index (χ0v) is 12.8. The van der Waals surface area contributed by atoms with Crippen molar-refractivity contribution in [3.8, 4) is 0 Å². The molecule has 2 aromatic rings. The van der Waals surface area contributed by atoms with Gasteiger partial charge in [-0.15, -0.1) is 0 Å². The first kappa shape index (κ1) is 17.1. The van der Waals surface area contributed by atoms with Gasteiger partial charge in [-0.3, -0.25) is 9.18 Å². The van der Waals surface area contributed by atoms with E-state index in [9.17, 15) is 18.7 Å². The lowest BCUT2D eigenvalue weighted by Crippen LogP contribution is -2.19. The van der Waals surface area contributed by atoms with Gasteiger partial charge in [-0.05, 0) is 42.2 Å². The molecule has 2 rings (SSSR count). The summed E-state index contributed by atoms with van der Waals surface area (Å²) in [6.07, 6.45) is -0.885. The number of alkyl halides is 1. The van der Waals surface area contributed by atoms with Gasteiger partial charge in [0.15, 0.2) is 0 Å². The molecule has 5 heteroatoms. The Balaban J connectivity index is 2.28. The number of nitrogens with two attached hydrogens (primary N) is 1. The van der Waals surface area contributed by atoms with Crippen LogP contribution in [0.3, 0.4) is 0 Å². The fourth-order valence-corrected chi connectivity index (χ4v) is 2.73. The molecule has 0 aliphatic rings. The van der Waals surface area contributed by atoms with Gasteiger partial charge < -0.3 is 10.8 Å². The van der Waals surface area contributed by atoms with Crippen molar-refractivity contribution in [2.45, 2.75) is 25.4 Å². The molecular weight excluding hydrogens is 300 g/mol. The maximum absolute atomic E-state index is 13.5. The van der Waals surface area contributed by atoms with Crippen molar-refractivity contribution in [3.63, 3.8) is 0 Å². The molecule has 2 atom stereocenters. The van der Waals surface area contributed by atoms with Crippen molar-refractivity contribution < 1.29 is 18.7 Å². The van der Waals surface area contributed by atoms with Crippen LogP contribution in [0.5, 0.6) is 0 Å². The highest BCUT2D eigenvalue weighted by Crippen LogP contribution is 2.31. The van der Waals surface area contributed by atoms with Crippen LogP contribution in [-0.4, -0.2) is 17.7 Å². The molecule has 0 fully saturated rings. The van der Waals surface area contributed by atoms with Crippen molar-refractivity contribution in [1.29, 1.82) is 0 Å². The molecule has 23 heavy (non-hydrogen) atoms. The Kier molecular flexibility index (Phi) is 5.45. The number of carbonyl (C=O) groups is 1. The Morgan fingerprint density at radius 3 is 2.43 bits per heavy atom. The third-order valence-corrected chi connectivity index (χ3v) is 3.94. The molecule has 0 heterocycles. The van der Waals surface area contributed by atoms with Gasteiger partial charge in [0.25, 0.3) is 0 Å². The molecule has 2 unspecified atom stereocenters. The molecule has 0 aliphatic heterocycles. The Morgan fingerprint density at radius 1 is 1.22 bits per heavy atom. The Hall–Kier alpha value is -2.27. The van der Waals surface area contributed by atoms with Gasteiger partial charge in [-0.2, -0.15) is 0 Å². The molecule has 3 N–H and O–H groups in total. The van der Waals surface area contributed by atoms with Crippen molar-refractivity contribution in [2.75, 3.05) is 6.67 Å². The number of aryl methyl sites for hydroxylation is 1. The molecule has 3 nitrogen and oxygen atoms in total. The van der Waals surface area contributed by atoms with E-state index in [1.54, 1.807) is 25.1 Å². The summed E-state index contributed by atoms with van der Waals surface area (Å²) in [6, 6.07) is 10.5. The summed E-state index contributed by atoms with van der Waals surface area (Å²) in [5.41, 5.74) is 7.35. The minimum atomic E-state index is -0.961. The number of aliphatic hydroxyl groups excluding tert-OH is 1. The van der Waals surface area contributed by atoms with Crippen molar-refractivity contribution >= 4 is 5.91 Å². The first-order valence-electron chi connectivity index (χ1n) is 7.32. The number of benzene rings is 2. The molecule has 0 spiro atoms. The highest BCUT2D eigenvalue weighted by atomic mass is 19.1. The highest BCUT2D eigenvalue weighted by molar-refractivity contribution is 5.96. The Bertz CT molecular complexity index is 686. The first-order valence-corrected chi connectivity index (χ1v) is 7.32. The smallest absolute Gasteiger partial charge is 0.249 e. The molecule has 0 aromatic heterocycles. The molecule has 0 aliphatic carbocycles. The summed E-state index contributed by atoms with van der Waals surface area (Å²) in [6.45, 7) is 0.997. The quantitative estimate of drug-likeness (QED) is 0.857. The summed E-state index contributed by atoms with van der Waals surface area (Å²) < 4.78 is 26.5. The average molecular weight is 319 g/mol. The van der Waals surface area contributed by atoms with E-state index in [0.29, 0.717) is 22.3 Å². The standard InChI is InChI=1S/C18H19F2NO2/c1-11-3-2-4-15(17(11)18(21)23)13(10-19)9-16(22)12-5-7-14(20)8-6-12/h2-8,13,16,22H,9-10H2,1H3,(H2,21,23). The fourth-order valence-electron chi connectivity index (χ4n) is 2.73. The van der Waals surface area contributed by atoms with E-state index in [2.05, 4.69) is 0 Å². The van der Waals surface area contributed by atoms with E-state index in [4.69, 9.17) is 5.73 Å². The number of carbonyl (C=O) groups excluding carboxylic acids is 1. The van der Waals surface area contributed by atoms with E-state index in [1.165, 1.54) is 24.3 Å². The second-order valence-electron chi connectivity index (χ2n) is 5.56. The number of primary amides is 1. The van der Waals surface area contributed by atoms with Crippen LogP contribution in [0.4, 0.5) is 8.78 Å². The molecule has 122 valence electrons. The lowest BCUT2D eigenvalue weighted by molar-refractivity contribution is 0.0996. The monoisotopic (exact) mass is 319 g/mol. The van der Waals surface area contributed by atoms with E-state index in [-0.39, 0.29) is 6.42 Å². The highest BCUT2D eigenvalue weighted by Gasteiger charge is 2.23. The number of rotatable bonds is 6. The van der Waals surface area contributed by atoms with Crippen molar-refractivity contribution in [2.24, 2.45) is 5.73 Å². The number of halogens is 2. The van der Waals surface area contributed by atoms with Gasteiger partial charge in [0.2, 0.25) is 5.91 Å². The number of aliphatic hydroxyl groups is 1. The molecule has 0 bridgehead atoms. The predicted octanol–water partition coefficient (Wildman–Crippen LogP) is 3.41. The van der Waals surface area contributed by atoms with Crippen molar-refractivity contribution in [1.82, 2.24) is 0 Å². The summed E-state index contributed by atoms with van der Waals surface area (Å²) in [5.74, 6) is -1.69. The second kappa shape index (κ2) is 7.33. The first-order chi connectivity index (χ1) is 10.9. The zero-order valence-electron chi connectivity index (χ0n) is 12.8. The van der Waals surface area contributed by atoms with Crippen molar-refractivity contribution in [3.05, 3.63) is 70.5 Å². The SMILES string of the molecule is Cc1cccc(C(CF)CC(O)c2ccc(F)cc2)c1C(N)=O. The van der Waals surface area contributed by atoms with Crippen LogP contribution in [0.1, 0.15) is 45.5 Å². The largest absolute Gasteiger partial charge is 0.388 e. The molecular formula is C18H19F2NO2. The third kappa shape index (κ3) is 3.93. The average Bonchev–Trinajstić information content (AvgIpc) is 2.52. The molecule has 0 radical (unpaired) electrons. The van der Waals surface area contributed by atoms with Crippen LogP contribution < -0.4 is 5.73 Å². The van der Waals surface area contributed by atoms with Crippen LogP contribution in [0.15, 0.2) is 42.5 Å². The molecule has 1 amide bonds. The van der Waals surface area contributed by atoms with E-state index < -0.39 is 30.4 Å². The van der Waals surface area contributed by atoms with E-state index in [0.717, 1.165) is 0 Å². The maximum atomic E-state index is 13.5. The minimum Gasteiger partial charge on any atom is -0.388 e. The van der Waals surface area contributed by atoms with Crippen LogP contribution in [0, 0.1) is 12.7 Å². The Labute approximate surface area is 133 Å². The molecule has 0 saturated carbocycles. The van der Waals surface area contributed by atoms with Crippen LogP contribution in [-0.2, 0) is 0 Å². The third-order valence-electron chi connectivity index (χ3n) is 3.94. The molecule has 2 aromatic carbocycles. The van der Waals surface area contributed by atoms with Gasteiger partial charge in [0.05, 0.1) is 12.8 Å². The summed E-state index contributed by atoms with van der Waals surface area (Å²) in [7, 11) is 0. The van der Waals surface area contributed by atoms with E-state index in [1.807, 2.05) is 0 Å². The number of hydrogen-bond acceptors (Lipinski definition) is 2. The number of amides is 1. The predicted molar refractivity (Wildman–Crippen MR) is 84.4 cm³/mol. The lowest BCUT2D eigenvalue weighted by atomic mass is 9.87. The summed E-state index contributed by atoms with van der Waals surface area (Å²) in [4.78, 5) is 11.7. The summed E-state index contributed by atoms with van der Waals surface area (Å²) >= 11 is 0. The fraction of sp³-hybridized carbons (Fsp3) is 0.278. The van der Waals surface area contributed by atoms with Crippen LogP contribution in [0.25, 0.3) is 0 Å².